The fraction of sp³-hybridized carbons (Fsp3) is 0.154. The molecule has 0 saturated carbocycles. The molecule has 2 rings (SSSR count). The van der Waals surface area contributed by atoms with Gasteiger partial charge in [0, 0.05) is 18.8 Å². The Morgan fingerprint density at radius 1 is 1.33 bits per heavy atom. The van der Waals surface area contributed by atoms with Gasteiger partial charge in [-0.1, -0.05) is 12.1 Å². The highest BCUT2D eigenvalue weighted by Gasteiger charge is 2.05. The van der Waals surface area contributed by atoms with Crippen molar-refractivity contribution in [2.75, 3.05) is 0 Å². The van der Waals surface area contributed by atoms with Gasteiger partial charge >= 0.3 is 0 Å². The number of rotatable bonds is 3. The van der Waals surface area contributed by atoms with Gasteiger partial charge in [-0.25, -0.2) is 9.37 Å². The van der Waals surface area contributed by atoms with E-state index in [1.807, 2.05) is 6.92 Å². The third-order valence-corrected chi connectivity index (χ3v) is 2.47. The lowest BCUT2D eigenvalue weighted by Gasteiger charge is -2.08. The fourth-order valence-electron chi connectivity index (χ4n) is 1.47. The number of ether oxygens (including phenoxy) is 1. The number of aromatic nitrogens is 1. The molecule has 0 fully saturated rings. The van der Waals surface area contributed by atoms with Crippen LogP contribution < -0.4 is 10.5 Å². The first-order valence-electron chi connectivity index (χ1n) is 5.28. The van der Waals surface area contributed by atoms with Crippen LogP contribution in [0.25, 0.3) is 0 Å². The van der Waals surface area contributed by atoms with E-state index < -0.39 is 5.82 Å². The molecular weight excluding hydrogens is 255 g/mol. The van der Waals surface area contributed by atoms with Crippen LogP contribution in [-0.4, -0.2) is 4.98 Å². The van der Waals surface area contributed by atoms with Crippen LogP contribution >= 0.6 is 12.4 Å². The number of aryl methyl sites for hydroxylation is 1. The normalized spacial score (nSPS) is 9.72. The second-order valence-electron chi connectivity index (χ2n) is 3.69. The molecule has 0 aliphatic heterocycles. The van der Waals surface area contributed by atoms with Crippen molar-refractivity contribution in [3.8, 4) is 11.6 Å². The van der Waals surface area contributed by atoms with Crippen LogP contribution in [0.15, 0.2) is 36.5 Å². The molecule has 2 N–H and O–H groups in total. The third kappa shape index (κ3) is 3.18. The topological polar surface area (TPSA) is 48.1 Å². The van der Waals surface area contributed by atoms with Gasteiger partial charge in [0.1, 0.15) is 0 Å². The molecular formula is C13H14ClFN2O. The van der Waals surface area contributed by atoms with Gasteiger partial charge in [-0.2, -0.15) is 0 Å². The van der Waals surface area contributed by atoms with E-state index in [1.165, 1.54) is 6.07 Å². The Morgan fingerprint density at radius 3 is 2.67 bits per heavy atom. The van der Waals surface area contributed by atoms with Crippen molar-refractivity contribution in [3.05, 3.63) is 53.5 Å². The fourth-order valence-corrected chi connectivity index (χ4v) is 1.47. The number of hydrogen-bond donors (Lipinski definition) is 1. The number of para-hydroxylation sites is 1. The molecule has 96 valence electrons. The van der Waals surface area contributed by atoms with Gasteiger partial charge < -0.3 is 10.5 Å². The molecule has 3 nitrogen and oxygen atoms in total. The van der Waals surface area contributed by atoms with Crippen LogP contribution in [0, 0.1) is 12.7 Å². The largest absolute Gasteiger partial charge is 0.436 e. The Hall–Kier alpha value is -1.65. The molecule has 1 aromatic carbocycles. The maximum absolute atomic E-state index is 13.3. The maximum Gasteiger partial charge on any atom is 0.219 e. The summed E-state index contributed by atoms with van der Waals surface area (Å²) in [6, 6.07) is 7.96. The summed E-state index contributed by atoms with van der Waals surface area (Å²) in [6.07, 6.45) is 1.64. The standard InChI is InChI=1S/C13H13FN2O.ClH/c1-9-6-13(16-8-10(9)7-15)17-12-5-3-2-4-11(12)14;/h2-6,8H,7,15H2,1H3;1H. The van der Waals surface area contributed by atoms with Crippen molar-refractivity contribution >= 4 is 12.4 Å². The van der Waals surface area contributed by atoms with Crippen molar-refractivity contribution < 1.29 is 9.13 Å². The van der Waals surface area contributed by atoms with Crippen LogP contribution in [0.3, 0.4) is 0 Å². The average Bonchev–Trinajstić information content (AvgIpc) is 2.32. The lowest BCUT2D eigenvalue weighted by Crippen LogP contribution is -2.00. The van der Waals surface area contributed by atoms with Gasteiger partial charge in [-0.15, -0.1) is 12.4 Å². The zero-order chi connectivity index (χ0) is 12.3. The quantitative estimate of drug-likeness (QED) is 0.930. The molecule has 1 heterocycles. The van der Waals surface area contributed by atoms with E-state index in [0.717, 1.165) is 11.1 Å². The van der Waals surface area contributed by atoms with Crippen LogP contribution in [0.2, 0.25) is 0 Å². The van der Waals surface area contributed by atoms with E-state index in [0.29, 0.717) is 12.4 Å². The highest BCUT2D eigenvalue weighted by Crippen LogP contribution is 2.23. The van der Waals surface area contributed by atoms with E-state index in [2.05, 4.69) is 4.98 Å². The monoisotopic (exact) mass is 268 g/mol. The molecule has 0 atom stereocenters. The number of hydrogen-bond acceptors (Lipinski definition) is 3. The zero-order valence-electron chi connectivity index (χ0n) is 9.89. The smallest absolute Gasteiger partial charge is 0.219 e. The van der Waals surface area contributed by atoms with Crippen molar-refractivity contribution in [2.45, 2.75) is 13.5 Å². The minimum Gasteiger partial charge on any atom is -0.436 e. The van der Waals surface area contributed by atoms with Gasteiger partial charge in [0.2, 0.25) is 5.88 Å². The summed E-state index contributed by atoms with van der Waals surface area (Å²) in [7, 11) is 0. The van der Waals surface area contributed by atoms with Crippen LogP contribution in [0.1, 0.15) is 11.1 Å². The summed E-state index contributed by atoms with van der Waals surface area (Å²) in [4.78, 5) is 4.08. The first-order valence-corrected chi connectivity index (χ1v) is 5.28. The minimum atomic E-state index is -0.408. The summed E-state index contributed by atoms with van der Waals surface area (Å²) < 4.78 is 18.7. The molecule has 0 aliphatic rings. The molecule has 0 bridgehead atoms. The lowest BCUT2D eigenvalue weighted by molar-refractivity contribution is 0.427. The molecule has 0 radical (unpaired) electrons. The molecule has 1 aromatic heterocycles. The molecule has 0 aliphatic carbocycles. The summed E-state index contributed by atoms with van der Waals surface area (Å²) >= 11 is 0. The van der Waals surface area contributed by atoms with E-state index in [4.69, 9.17) is 10.5 Å². The Kier molecular flexibility index (Phi) is 5.07. The predicted molar refractivity (Wildman–Crippen MR) is 70.6 cm³/mol. The van der Waals surface area contributed by atoms with Crippen LogP contribution in [0.5, 0.6) is 11.6 Å². The average molecular weight is 269 g/mol. The third-order valence-electron chi connectivity index (χ3n) is 2.47. The number of pyridine rings is 1. The Morgan fingerprint density at radius 2 is 2.06 bits per heavy atom. The number of benzene rings is 1. The number of halogens is 2. The summed E-state index contributed by atoms with van der Waals surface area (Å²) in [6.45, 7) is 2.34. The molecule has 0 saturated heterocycles. The van der Waals surface area contributed by atoms with Crippen LogP contribution in [0.4, 0.5) is 4.39 Å². The van der Waals surface area contributed by atoms with Gasteiger partial charge in [0.15, 0.2) is 11.6 Å². The van der Waals surface area contributed by atoms with Gasteiger partial charge in [-0.3, -0.25) is 0 Å². The van der Waals surface area contributed by atoms with Gasteiger partial charge in [-0.05, 0) is 30.2 Å². The second-order valence-corrected chi connectivity index (χ2v) is 3.69. The molecule has 0 amide bonds. The van der Waals surface area contributed by atoms with Gasteiger partial charge in [0.25, 0.3) is 0 Å². The summed E-state index contributed by atoms with van der Waals surface area (Å²) in [5.74, 6) is 0.125. The Balaban J connectivity index is 0.00000162. The van der Waals surface area contributed by atoms with E-state index in [9.17, 15) is 4.39 Å². The number of nitrogens with two attached hydrogens (primary N) is 1. The maximum atomic E-state index is 13.3. The Labute approximate surface area is 111 Å². The van der Waals surface area contributed by atoms with E-state index >= 15 is 0 Å². The SMILES string of the molecule is Cc1cc(Oc2ccccc2F)ncc1CN.Cl. The highest BCUT2D eigenvalue weighted by molar-refractivity contribution is 5.85. The summed E-state index contributed by atoms with van der Waals surface area (Å²) in [5.41, 5.74) is 7.47. The molecule has 0 spiro atoms. The van der Waals surface area contributed by atoms with Crippen LogP contribution in [-0.2, 0) is 6.54 Å². The van der Waals surface area contributed by atoms with Crippen molar-refractivity contribution in [2.24, 2.45) is 5.73 Å². The molecule has 2 aromatic rings. The molecule has 5 heteroatoms. The molecule has 18 heavy (non-hydrogen) atoms. The predicted octanol–water partition coefficient (Wildman–Crippen LogP) is 3.20. The minimum absolute atomic E-state index is 0. The summed E-state index contributed by atoms with van der Waals surface area (Å²) in [5, 5.41) is 0. The second kappa shape index (κ2) is 6.33. The number of nitrogens with zero attached hydrogens (tertiary/aromatic N) is 1. The molecule has 0 unspecified atom stereocenters. The van der Waals surface area contributed by atoms with E-state index in [-0.39, 0.29) is 18.2 Å². The lowest BCUT2D eigenvalue weighted by atomic mass is 10.1. The van der Waals surface area contributed by atoms with Crippen molar-refractivity contribution in [1.29, 1.82) is 0 Å². The zero-order valence-corrected chi connectivity index (χ0v) is 10.7. The first kappa shape index (κ1) is 14.4. The van der Waals surface area contributed by atoms with Crippen molar-refractivity contribution in [1.82, 2.24) is 4.98 Å². The van der Waals surface area contributed by atoms with E-state index in [1.54, 1.807) is 30.5 Å². The highest BCUT2D eigenvalue weighted by atomic mass is 35.5. The first-order chi connectivity index (χ1) is 8.20. The Bertz CT molecular complexity index is 534. The van der Waals surface area contributed by atoms with Gasteiger partial charge in [0.05, 0.1) is 0 Å². The van der Waals surface area contributed by atoms with Crippen molar-refractivity contribution in [3.63, 3.8) is 0 Å².